The van der Waals surface area contributed by atoms with Crippen molar-refractivity contribution in [2.24, 2.45) is 0 Å². The Labute approximate surface area is 108 Å². The third kappa shape index (κ3) is 2.27. The molecule has 1 amide bonds. The van der Waals surface area contributed by atoms with Crippen molar-refractivity contribution >= 4 is 5.91 Å². The molecule has 1 saturated carbocycles. The highest BCUT2D eigenvalue weighted by molar-refractivity contribution is 5.82. The Morgan fingerprint density at radius 1 is 1.28 bits per heavy atom. The fourth-order valence-corrected chi connectivity index (χ4v) is 3.36. The van der Waals surface area contributed by atoms with Crippen LogP contribution in [-0.2, 0) is 9.53 Å². The molecule has 5 nitrogen and oxygen atoms in total. The standard InChI is InChI=1S/C13H23N3O2/c1-9-7-15-10(8-14-9)13(17)16-5-6-18-12-4-2-3-11(12)16/h9-12,14-15H,2-8H2,1H3. The monoisotopic (exact) mass is 253 g/mol. The van der Waals surface area contributed by atoms with E-state index in [1.54, 1.807) is 0 Å². The van der Waals surface area contributed by atoms with Crippen LogP contribution < -0.4 is 10.6 Å². The molecule has 2 saturated heterocycles. The van der Waals surface area contributed by atoms with Gasteiger partial charge in [-0.15, -0.1) is 0 Å². The van der Waals surface area contributed by atoms with Crippen LogP contribution in [0.25, 0.3) is 0 Å². The first-order chi connectivity index (χ1) is 8.75. The molecule has 0 spiro atoms. The Morgan fingerprint density at radius 3 is 2.94 bits per heavy atom. The van der Waals surface area contributed by atoms with Crippen molar-refractivity contribution in [2.75, 3.05) is 26.2 Å². The summed E-state index contributed by atoms with van der Waals surface area (Å²) in [7, 11) is 0. The topological polar surface area (TPSA) is 53.6 Å². The van der Waals surface area contributed by atoms with Crippen molar-refractivity contribution in [3.8, 4) is 0 Å². The van der Waals surface area contributed by atoms with Crippen LogP contribution in [0, 0.1) is 0 Å². The molecule has 2 heterocycles. The Hall–Kier alpha value is -0.650. The molecule has 0 radical (unpaired) electrons. The minimum Gasteiger partial charge on any atom is -0.374 e. The van der Waals surface area contributed by atoms with Gasteiger partial charge in [0, 0.05) is 25.7 Å². The number of nitrogens with zero attached hydrogens (tertiary/aromatic N) is 1. The fourth-order valence-electron chi connectivity index (χ4n) is 3.36. The minimum atomic E-state index is -0.0550. The average Bonchev–Trinajstić information content (AvgIpc) is 2.87. The molecule has 18 heavy (non-hydrogen) atoms. The maximum absolute atomic E-state index is 12.6. The molecular formula is C13H23N3O2. The number of amides is 1. The largest absolute Gasteiger partial charge is 0.374 e. The second kappa shape index (κ2) is 5.15. The summed E-state index contributed by atoms with van der Waals surface area (Å²) in [4.78, 5) is 14.6. The number of hydrogen-bond donors (Lipinski definition) is 2. The molecule has 2 N–H and O–H groups in total. The Morgan fingerprint density at radius 2 is 2.17 bits per heavy atom. The number of morpholine rings is 1. The van der Waals surface area contributed by atoms with Gasteiger partial charge in [-0.05, 0) is 26.2 Å². The Bertz CT molecular complexity index is 315. The second-order valence-corrected chi connectivity index (χ2v) is 5.71. The Kier molecular flexibility index (Phi) is 3.54. The van der Waals surface area contributed by atoms with E-state index in [1.807, 2.05) is 0 Å². The van der Waals surface area contributed by atoms with Gasteiger partial charge in [0.15, 0.2) is 0 Å². The van der Waals surface area contributed by atoms with Crippen molar-refractivity contribution in [1.29, 1.82) is 0 Å². The predicted molar refractivity (Wildman–Crippen MR) is 68.3 cm³/mol. The normalized spacial score (nSPS) is 40.6. The van der Waals surface area contributed by atoms with Gasteiger partial charge in [-0.2, -0.15) is 0 Å². The zero-order valence-corrected chi connectivity index (χ0v) is 11.0. The number of piperazine rings is 1. The molecule has 3 fully saturated rings. The summed E-state index contributed by atoms with van der Waals surface area (Å²) in [6, 6.07) is 0.728. The van der Waals surface area contributed by atoms with Crippen LogP contribution in [-0.4, -0.2) is 61.3 Å². The van der Waals surface area contributed by atoms with E-state index in [1.165, 1.54) is 6.42 Å². The lowest BCUT2D eigenvalue weighted by atomic mass is 10.1. The molecule has 5 heteroatoms. The van der Waals surface area contributed by atoms with Crippen molar-refractivity contribution in [3.05, 3.63) is 0 Å². The summed E-state index contributed by atoms with van der Waals surface area (Å²) in [5, 5.41) is 6.72. The van der Waals surface area contributed by atoms with Crippen LogP contribution in [0.5, 0.6) is 0 Å². The summed E-state index contributed by atoms with van der Waals surface area (Å²) in [5.41, 5.74) is 0. The first-order valence-corrected chi connectivity index (χ1v) is 7.14. The Balaban J connectivity index is 1.64. The molecule has 4 unspecified atom stereocenters. The smallest absolute Gasteiger partial charge is 0.241 e. The van der Waals surface area contributed by atoms with Gasteiger partial charge in [-0.25, -0.2) is 0 Å². The first-order valence-electron chi connectivity index (χ1n) is 7.14. The maximum atomic E-state index is 12.6. The number of carbonyl (C=O) groups is 1. The molecular weight excluding hydrogens is 230 g/mol. The van der Waals surface area contributed by atoms with Crippen molar-refractivity contribution < 1.29 is 9.53 Å². The molecule has 0 aromatic carbocycles. The highest BCUT2D eigenvalue weighted by Gasteiger charge is 2.40. The van der Waals surface area contributed by atoms with Gasteiger partial charge >= 0.3 is 0 Å². The van der Waals surface area contributed by atoms with Crippen LogP contribution in [0.2, 0.25) is 0 Å². The second-order valence-electron chi connectivity index (χ2n) is 5.71. The van der Waals surface area contributed by atoms with Gasteiger partial charge in [0.05, 0.1) is 24.8 Å². The molecule has 2 aliphatic heterocycles. The number of nitrogens with one attached hydrogen (secondary N) is 2. The van der Waals surface area contributed by atoms with E-state index in [0.29, 0.717) is 18.7 Å². The fraction of sp³-hybridized carbons (Fsp3) is 0.923. The quantitative estimate of drug-likeness (QED) is 0.675. The lowest BCUT2D eigenvalue weighted by Crippen LogP contribution is -2.62. The maximum Gasteiger partial charge on any atom is 0.241 e. The van der Waals surface area contributed by atoms with Gasteiger partial charge in [0.2, 0.25) is 5.91 Å². The average molecular weight is 253 g/mol. The SMILES string of the molecule is CC1CNC(C(=O)N2CCOC3CCCC32)CN1. The van der Waals surface area contributed by atoms with Gasteiger partial charge < -0.3 is 20.3 Å². The molecule has 4 atom stereocenters. The highest BCUT2D eigenvalue weighted by atomic mass is 16.5. The number of hydrogen-bond acceptors (Lipinski definition) is 4. The predicted octanol–water partition coefficient (Wildman–Crippen LogP) is -0.284. The third-order valence-electron chi connectivity index (χ3n) is 4.40. The van der Waals surface area contributed by atoms with Crippen LogP contribution in [0.15, 0.2) is 0 Å². The van der Waals surface area contributed by atoms with E-state index < -0.39 is 0 Å². The zero-order valence-electron chi connectivity index (χ0n) is 11.0. The molecule has 0 aromatic rings. The molecule has 0 aromatic heterocycles. The van der Waals surface area contributed by atoms with E-state index in [4.69, 9.17) is 4.74 Å². The molecule has 0 bridgehead atoms. The van der Waals surface area contributed by atoms with E-state index in [9.17, 15) is 4.79 Å². The summed E-state index contributed by atoms with van der Waals surface area (Å²) in [6.45, 7) is 5.20. The first kappa shape index (κ1) is 12.4. The van der Waals surface area contributed by atoms with E-state index >= 15 is 0 Å². The number of carbonyl (C=O) groups excluding carboxylic acids is 1. The van der Waals surface area contributed by atoms with Crippen molar-refractivity contribution in [3.63, 3.8) is 0 Å². The van der Waals surface area contributed by atoms with Crippen LogP contribution in [0.1, 0.15) is 26.2 Å². The van der Waals surface area contributed by atoms with Gasteiger partial charge in [-0.3, -0.25) is 4.79 Å². The summed E-state index contributed by atoms with van der Waals surface area (Å²) < 4.78 is 5.76. The van der Waals surface area contributed by atoms with Crippen LogP contribution >= 0.6 is 0 Å². The van der Waals surface area contributed by atoms with Gasteiger partial charge in [0.25, 0.3) is 0 Å². The van der Waals surface area contributed by atoms with E-state index in [0.717, 1.165) is 32.5 Å². The number of rotatable bonds is 1. The van der Waals surface area contributed by atoms with Crippen molar-refractivity contribution in [2.45, 2.75) is 50.4 Å². The van der Waals surface area contributed by atoms with E-state index in [-0.39, 0.29) is 18.1 Å². The molecule has 3 rings (SSSR count). The van der Waals surface area contributed by atoms with Crippen LogP contribution in [0.4, 0.5) is 0 Å². The summed E-state index contributed by atoms with van der Waals surface area (Å²) in [5.74, 6) is 0.259. The molecule has 1 aliphatic carbocycles. The summed E-state index contributed by atoms with van der Waals surface area (Å²) >= 11 is 0. The highest BCUT2D eigenvalue weighted by Crippen LogP contribution is 2.30. The number of fused-ring (bicyclic) bond motifs is 1. The summed E-state index contributed by atoms with van der Waals surface area (Å²) in [6.07, 6.45) is 3.69. The lowest BCUT2D eigenvalue weighted by Gasteiger charge is -2.40. The minimum absolute atomic E-state index is 0.0550. The third-order valence-corrected chi connectivity index (χ3v) is 4.40. The van der Waals surface area contributed by atoms with E-state index in [2.05, 4.69) is 22.5 Å². The van der Waals surface area contributed by atoms with Crippen molar-refractivity contribution in [1.82, 2.24) is 15.5 Å². The number of ether oxygens (including phenoxy) is 1. The zero-order chi connectivity index (χ0) is 12.5. The lowest BCUT2D eigenvalue weighted by molar-refractivity contribution is -0.146. The van der Waals surface area contributed by atoms with Gasteiger partial charge in [-0.1, -0.05) is 0 Å². The molecule has 3 aliphatic rings. The molecule has 102 valence electrons. The van der Waals surface area contributed by atoms with Gasteiger partial charge in [0.1, 0.15) is 0 Å². The van der Waals surface area contributed by atoms with Crippen LogP contribution in [0.3, 0.4) is 0 Å².